The number of aromatic nitrogens is 1. The molecule has 1 aromatic carbocycles. The van der Waals surface area contributed by atoms with E-state index in [4.69, 9.17) is 0 Å². The number of thiazole rings is 1. The molecule has 0 saturated heterocycles. The van der Waals surface area contributed by atoms with Gasteiger partial charge in [0.1, 0.15) is 0 Å². The zero-order valence-electron chi connectivity index (χ0n) is 10.6. The molecule has 0 radical (unpaired) electrons. The van der Waals surface area contributed by atoms with Crippen LogP contribution in [0.4, 0.5) is 0 Å². The minimum Gasteiger partial charge on any atom is -0.316 e. The summed E-state index contributed by atoms with van der Waals surface area (Å²) in [5.74, 6) is -0.135. The first-order valence-corrected chi connectivity index (χ1v) is 7.52. The van der Waals surface area contributed by atoms with Crippen LogP contribution < -0.4 is 4.80 Å². The van der Waals surface area contributed by atoms with E-state index < -0.39 is 0 Å². The molecule has 1 amide bonds. The van der Waals surface area contributed by atoms with Crippen LogP contribution in [0.25, 0.3) is 10.2 Å². The maximum Gasteiger partial charge on any atom is 0.250 e. The van der Waals surface area contributed by atoms with Crippen molar-refractivity contribution in [1.29, 1.82) is 0 Å². The number of nitrogens with zero attached hydrogens (tertiary/aromatic N) is 2. The molecule has 0 aliphatic carbocycles. The fraction of sp³-hybridized carbons (Fsp3) is 0.385. The standard InChI is InChI=1S/C13H15BrN2OS/c1-4-16-11-9(14)6-5-7-10(11)18-13(16)15-12(17)8(2)3/h5-8H,4H2,1-3H3. The van der Waals surface area contributed by atoms with E-state index in [1.54, 1.807) is 11.3 Å². The van der Waals surface area contributed by atoms with Gasteiger partial charge >= 0.3 is 0 Å². The van der Waals surface area contributed by atoms with Gasteiger partial charge in [0.2, 0.25) is 0 Å². The van der Waals surface area contributed by atoms with E-state index in [1.165, 1.54) is 0 Å². The molecule has 0 unspecified atom stereocenters. The van der Waals surface area contributed by atoms with E-state index >= 15 is 0 Å². The van der Waals surface area contributed by atoms with Crippen molar-refractivity contribution in [3.63, 3.8) is 0 Å². The highest BCUT2D eigenvalue weighted by molar-refractivity contribution is 9.10. The van der Waals surface area contributed by atoms with Gasteiger partial charge in [0.05, 0.1) is 10.2 Å². The molecular weight excluding hydrogens is 312 g/mol. The van der Waals surface area contributed by atoms with Gasteiger partial charge in [-0.1, -0.05) is 31.3 Å². The molecule has 0 saturated carbocycles. The topological polar surface area (TPSA) is 34.4 Å². The highest BCUT2D eigenvalue weighted by Crippen LogP contribution is 2.25. The summed E-state index contributed by atoms with van der Waals surface area (Å²) in [4.78, 5) is 16.8. The Kier molecular flexibility index (Phi) is 4.02. The molecule has 96 valence electrons. The first-order valence-electron chi connectivity index (χ1n) is 5.91. The predicted molar refractivity (Wildman–Crippen MR) is 78.6 cm³/mol. The van der Waals surface area contributed by atoms with E-state index in [9.17, 15) is 4.79 Å². The third-order valence-corrected chi connectivity index (χ3v) is 4.35. The normalized spacial score (nSPS) is 12.6. The number of halogens is 1. The average Bonchev–Trinajstić information content (AvgIpc) is 2.67. The highest BCUT2D eigenvalue weighted by Gasteiger charge is 2.10. The van der Waals surface area contributed by atoms with Gasteiger partial charge in [0, 0.05) is 16.9 Å². The number of fused-ring (bicyclic) bond motifs is 1. The van der Waals surface area contributed by atoms with Crippen LogP contribution in [-0.4, -0.2) is 10.5 Å². The first kappa shape index (κ1) is 13.5. The van der Waals surface area contributed by atoms with Crippen molar-refractivity contribution in [3.8, 4) is 0 Å². The molecular formula is C13H15BrN2OS. The molecule has 0 aliphatic heterocycles. The third kappa shape index (κ3) is 2.42. The summed E-state index contributed by atoms with van der Waals surface area (Å²) in [6, 6.07) is 6.06. The zero-order chi connectivity index (χ0) is 13.3. The number of carbonyl (C=O) groups excluding carboxylic acids is 1. The molecule has 0 aliphatic rings. The second-order valence-corrected chi connectivity index (χ2v) is 6.18. The number of aryl methyl sites for hydroxylation is 1. The molecule has 0 N–H and O–H groups in total. The van der Waals surface area contributed by atoms with E-state index in [0.29, 0.717) is 0 Å². The summed E-state index contributed by atoms with van der Waals surface area (Å²) in [7, 11) is 0. The molecule has 0 atom stereocenters. The lowest BCUT2D eigenvalue weighted by Crippen LogP contribution is -2.17. The highest BCUT2D eigenvalue weighted by atomic mass is 79.9. The average molecular weight is 327 g/mol. The van der Waals surface area contributed by atoms with Crippen LogP contribution in [0.5, 0.6) is 0 Å². The van der Waals surface area contributed by atoms with E-state index in [0.717, 1.165) is 26.0 Å². The van der Waals surface area contributed by atoms with Crippen LogP contribution in [0.2, 0.25) is 0 Å². The van der Waals surface area contributed by atoms with Crippen LogP contribution in [0.3, 0.4) is 0 Å². The van der Waals surface area contributed by atoms with Gasteiger partial charge in [0.25, 0.3) is 5.91 Å². The van der Waals surface area contributed by atoms with Crippen LogP contribution in [0.15, 0.2) is 27.7 Å². The quantitative estimate of drug-likeness (QED) is 0.830. The molecule has 2 aromatic rings. The summed E-state index contributed by atoms with van der Waals surface area (Å²) in [5.41, 5.74) is 1.11. The van der Waals surface area contributed by atoms with Crippen molar-refractivity contribution < 1.29 is 4.79 Å². The van der Waals surface area contributed by atoms with Crippen molar-refractivity contribution in [2.45, 2.75) is 27.3 Å². The number of hydrogen-bond donors (Lipinski definition) is 0. The summed E-state index contributed by atoms with van der Waals surface area (Å²) in [6.07, 6.45) is 0. The first-order chi connectivity index (χ1) is 8.54. The SMILES string of the molecule is CCn1c(=NC(=O)C(C)C)sc2cccc(Br)c21. The Morgan fingerprint density at radius 1 is 1.50 bits per heavy atom. The molecule has 1 aromatic heterocycles. The van der Waals surface area contributed by atoms with Crippen molar-refractivity contribution in [2.24, 2.45) is 10.9 Å². The van der Waals surface area contributed by atoms with Gasteiger partial charge in [-0.05, 0) is 35.0 Å². The molecule has 1 heterocycles. The minimum absolute atomic E-state index is 0.0658. The summed E-state index contributed by atoms with van der Waals surface area (Å²) < 4.78 is 4.25. The zero-order valence-corrected chi connectivity index (χ0v) is 13.0. The van der Waals surface area contributed by atoms with Gasteiger partial charge in [-0.15, -0.1) is 0 Å². The van der Waals surface area contributed by atoms with Crippen LogP contribution >= 0.6 is 27.3 Å². The maximum atomic E-state index is 11.8. The number of benzene rings is 1. The Balaban J connectivity index is 2.73. The summed E-state index contributed by atoms with van der Waals surface area (Å²) in [6.45, 7) is 6.59. The number of rotatable bonds is 2. The van der Waals surface area contributed by atoms with E-state index in [-0.39, 0.29) is 11.8 Å². The second-order valence-electron chi connectivity index (χ2n) is 4.32. The van der Waals surface area contributed by atoms with Gasteiger partial charge in [0.15, 0.2) is 4.80 Å². The van der Waals surface area contributed by atoms with Crippen molar-refractivity contribution in [2.75, 3.05) is 0 Å². The number of hydrogen-bond acceptors (Lipinski definition) is 2. The summed E-state index contributed by atoms with van der Waals surface area (Å²) in [5, 5.41) is 0. The Bertz CT molecular complexity index is 655. The molecule has 5 heteroatoms. The Morgan fingerprint density at radius 2 is 2.22 bits per heavy atom. The molecule has 3 nitrogen and oxygen atoms in total. The molecule has 0 bridgehead atoms. The fourth-order valence-corrected chi connectivity index (χ4v) is 3.53. The van der Waals surface area contributed by atoms with Gasteiger partial charge in [-0.3, -0.25) is 4.79 Å². The second kappa shape index (κ2) is 5.36. The smallest absolute Gasteiger partial charge is 0.250 e. The predicted octanol–water partition coefficient (Wildman–Crippen LogP) is 3.57. The summed E-state index contributed by atoms with van der Waals surface area (Å²) >= 11 is 5.11. The van der Waals surface area contributed by atoms with Gasteiger partial charge < -0.3 is 4.57 Å². The van der Waals surface area contributed by atoms with Crippen molar-refractivity contribution >= 4 is 43.4 Å². The Morgan fingerprint density at radius 3 is 2.83 bits per heavy atom. The monoisotopic (exact) mass is 326 g/mol. The number of amides is 1. The Labute approximate surface area is 118 Å². The molecule has 2 rings (SSSR count). The maximum absolute atomic E-state index is 11.8. The van der Waals surface area contributed by atoms with Crippen LogP contribution in [0, 0.1) is 5.92 Å². The van der Waals surface area contributed by atoms with E-state index in [2.05, 4.69) is 38.5 Å². The Hall–Kier alpha value is -0.940. The number of para-hydroxylation sites is 1. The van der Waals surface area contributed by atoms with E-state index in [1.807, 2.05) is 26.0 Å². The minimum atomic E-state index is -0.0696. The fourth-order valence-electron chi connectivity index (χ4n) is 1.69. The number of carbonyl (C=O) groups is 1. The van der Waals surface area contributed by atoms with Crippen molar-refractivity contribution in [1.82, 2.24) is 4.57 Å². The van der Waals surface area contributed by atoms with Gasteiger partial charge in [-0.25, -0.2) is 0 Å². The molecule has 18 heavy (non-hydrogen) atoms. The third-order valence-electron chi connectivity index (χ3n) is 2.67. The van der Waals surface area contributed by atoms with Crippen LogP contribution in [0.1, 0.15) is 20.8 Å². The lowest BCUT2D eigenvalue weighted by atomic mass is 10.2. The lowest BCUT2D eigenvalue weighted by Gasteiger charge is -2.02. The largest absolute Gasteiger partial charge is 0.316 e. The molecule has 0 spiro atoms. The van der Waals surface area contributed by atoms with Crippen LogP contribution in [-0.2, 0) is 11.3 Å². The van der Waals surface area contributed by atoms with Crippen molar-refractivity contribution in [3.05, 3.63) is 27.5 Å². The van der Waals surface area contributed by atoms with Gasteiger partial charge in [-0.2, -0.15) is 4.99 Å². The molecule has 0 fully saturated rings. The lowest BCUT2D eigenvalue weighted by molar-refractivity contribution is -0.120.